The molecule has 20 heavy (non-hydrogen) atoms. The van der Waals surface area contributed by atoms with E-state index in [4.69, 9.17) is 9.47 Å². The minimum Gasteiger partial charge on any atom is -0.448 e. The Bertz CT molecular complexity index is 327. The van der Waals surface area contributed by atoms with Crippen LogP contribution in [0.25, 0.3) is 0 Å². The highest BCUT2D eigenvalue weighted by Crippen LogP contribution is 2.20. The second kappa shape index (κ2) is 8.25. The second-order valence-electron chi connectivity index (χ2n) is 6.26. The van der Waals surface area contributed by atoms with E-state index in [1.54, 1.807) is 0 Å². The lowest BCUT2D eigenvalue weighted by atomic mass is 9.93. The van der Waals surface area contributed by atoms with Crippen LogP contribution < -0.4 is 0 Å². The molecular formula is C15H30N2O3. The molecule has 0 saturated carbocycles. The Hall–Kier alpha value is -1.10. The van der Waals surface area contributed by atoms with E-state index in [-0.39, 0.29) is 12.8 Å². The minimum atomic E-state index is -0.495. The van der Waals surface area contributed by atoms with Crippen molar-refractivity contribution in [1.29, 1.82) is 0 Å². The van der Waals surface area contributed by atoms with Crippen LogP contribution in [0.15, 0.2) is 4.99 Å². The van der Waals surface area contributed by atoms with Crippen molar-refractivity contribution in [3.8, 4) is 0 Å². The monoisotopic (exact) mass is 286 g/mol. The lowest BCUT2D eigenvalue weighted by Gasteiger charge is -2.35. The van der Waals surface area contributed by atoms with Gasteiger partial charge < -0.3 is 14.4 Å². The second-order valence-corrected chi connectivity index (χ2v) is 6.26. The van der Waals surface area contributed by atoms with Gasteiger partial charge in [-0.15, -0.1) is 0 Å². The molecule has 5 heteroatoms. The van der Waals surface area contributed by atoms with Crippen molar-refractivity contribution in [2.45, 2.75) is 42.0 Å². The van der Waals surface area contributed by atoms with Crippen molar-refractivity contribution in [2.75, 3.05) is 32.9 Å². The van der Waals surface area contributed by atoms with Crippen LogP contribution in [0.3, 0.4) is 0 Å². The van der Waals surface area contributed by atoms with Gasteiger partial charge in [0.2, 0.25) is 0 Å². The number of rotatable bonds is 2. The summed E-state index contributed by atoms with van der Waals surface area (Å²) in [6, 6.07) is 0. The molecule has 0 aromatic heterocycles. The maximum Gasteiger partial charge on any atom is 0.435 e. The van der Waals surface area contributed by atoms with Crippen LogP contribution in [0.2, 0.25) is 0 Å². The average Bonchev–Trinajstić information content (AvgIpc) is 2.33. The molecule has 1 saturated heterocycles. The quantitative estimate of drug-likeness (QED) is 0.578. The first-order chi connectivity index (χ1) is 8.80. The molecular weight excluding hydrogens is 256 g/mol. The number of ether oxygens (including phenoxy) is 2. The third-order valence-corrected chi connectivity index (χ3v) is 2.72. The lowest BCUT2D eigenvalue weighted by Crippen LogP contribution is -2.46. The van der Waals surface area contributed by atoms with E-state index in [0.717, 1.165) is 18.9 Å². The number of carbonyl (C=O) groups excluding carboxylic acids is 1. The molecule has 1 aliphatic rings. The maximum absolute atomic E-state index is 11.8. The van der Waals surface area contributed by atoms with Gasteiger partial charge in [0.1, 0.15) is 5.84 Å². The van der Waals surface area contributed by atoms with Gasteiger partial charge in [0.05, 0.1) is 19.8 Å². The molecule has 0 N–H and O–H groups in total. The van der Waals surface area contributed by atoms with Crippen molar-refractivity contribution < 1.29 is 14.3 Å². The number of amides is 1. The molecule has 1 amide bonds. The third-order valence-electron chi connectivity index (χ3n) is 2.72. The molecule has 1 fully saturated rings. The van der Waals surface area contributed by atoms with Gasteiger partial charge in [-0.3, -0.25) is 0 Å². The van der Waals surface area contributed by atoms with Crippen LogP contribution in [0.4, 0.5) is 4.79 Å². The topological polar surface area (TPSA) is 51.1 Å². The zero-order valence-electron chi connectivity index (χ0n) is 12.7. The number of aliphatic imine (C=N–C) groups is 1. The Morgan fingerprint density at radius 1 is 1.30 bits per heavy atom. The molecule has 5 nitrogen and oxygen atoms in total. The average molecular weight is 286 g/mol. The van der Waals surface area contributed by atoms with E-state index in [1.807, 2.05) is 13.8 Å². The Morgan fingerprint density at radius 3 is 2.30 bits per heavy atom. The standard InChI is InChI=1S/C14H26N2O3.CH4/c1-11(2)10-19-13(17)15-12(14(3,4)5)16-6-8-18-9-7-16;/h11H,6-10H2,1-5H3;1H4. The van der Waals surface area contributed by atoms with Gasteiger partial charge in [-0.05, 0) is 5.92 Å². The molecule has 0 unspecified atom stereocenters. The first kappa shape index (κ1) is 18.9. The van der Waals surface area contributed by atoms with Gasteiger partial charge in [-0.25, -0.2) is 4.79 Å². The first-order valence-corrected chi connectivity index (χ1v) is 6.89. The normalized spacial score (nSPS) is 16.9. The molecule has 0 aliphatic carbocycles. The summed E-state index contributed by atoms with van der Waals surface area (Å²) in [7, 11) is 0. The van der Waals surface area contributed by atoms with Crippen molar-refractivity contribution in [3.63, 3.8) is 0 Å². The highest BCUT2D eigenvalue weighted by molar-refractivity contribution is 5.95. The predicted molar refractivity (Wildman–Crippen MR) is 82.2 cm³/mol. The minimum absolute atomic E-state index is 0. The van der Waals surface area contributed by atoms with Crippen LogP contribution >= 0.6 is 0 Å². The highest BCUT2D eigenvalue weighted by atomic mass is 16.5. The summed E-state index contributed by atoms with van der Waals surface area (Å²) in [5.41, 5.74) is -0.186. The number of morpholine rings is 1. The largest absolute Gasteiger partial charge is 0.448 e. The van der Waals surface area contributed by atoms with E-state index in [2.05, 4.69) is 30.7 Å². The van der Waals surface area contributed by atoms with Crippen LogP contribution in [0.5, 0.6) is 0 Å². The highest BCUT2D eigenvalue weighted by Gasteiger charge is 2.27. The molecule has 0 bridgehead atoms. The SMILES string of the molecule is C.CC(C)COC(=O)N=C(N1CCOCC1)C(C)(C)C. The molecule has 0 aromatic rings. The van der Waals surface area contributed by atoms with E-state index < -0.39 is 6.09 Å². The summed E-state index contributed by atoms with van der Waals surface area (Å²) in [6.45, 7) is 13.5. The zero-order chi connectivity index (χ0) is 14.5. The molecule has 118 valence electrons. The number of amidine groups is 1. The zero-order valence-corrected chi connectivity index (χ0v) is 12.7. The third kappa shape index (κ3) is 6.37. The summed E-state index contributed by atoms with van der Waals surface area (Å²) in [5.74, 6) is 1.10. The van der Waals surface area contributed by atoms with E-state index in [9.17, 15) is 4.79 Å². The van der Waals surface area contributed by atoms with Gasteiger partial charge >= 0.3 is 6.09 Å². The van der Waals surface area contributed by atoms with Crippen molar-refractivity contribution in [1.82, 2.24) is 4.90 Å². The molecule has 1 heterocycles. The van der Waals surface area contributed by atoms with Gasteiger partial charge in [-0.1, -0.05) is 42.0 Å². The lowest BCUT2D eigenvalue weighted by molar-refractivity contribution is 0.0641. The van der Waals surface area contributed by atoms with Gasteiger partial charge in [0, 0.05) is 18.5 Å². The summed E-state index contributed by atoms with van der Waals surface area (Å²) >= 11 is 0. The first-order valence-electron chi connectivity index (χ1n) is 6.89. The number of hydrogen-bond donors (Lipinski definition) is 0. The number of hydrogen-bond acceptors (Lipinski definition) is 3. The summed E-state index contributed by atoms with van der Waals surface area (Å²) in [4.78, 5) is 18.1. The maximum atomic E-state index is 11.8. The van der Waals surface area contributed by atoms with E-state index in [0.29, 0.717) is 25.7 Å². The fourth-order valence-corrected chi connectivity index (χ4v) is 1.84. The molecule has 0 atom stereocenters. The molecule has 1 aliphatic heterocycles. The van der Waals surface area contributed by atoms with Gasteiger partial charge in [0.15, 0.2) is 0 Å². The van der Waals surface area contributed by atoms with Crippen molar-refractivity contribution in [2.24, 2.45) is 16.3 Å². The molecule has 0 spiro atoms. The molecule has 1 rings (SSSR count). The Morgan fingerprint density at radius 2 is 1.85 bits per heavy atom. The fourth-order valence-electron chi connectivity index (χ4n) is 1.84. The number of carbonyl (C=O) groups is 1. The van der Waals surface area contributed by atoms with E-state index >= 15 is 0 Å². The van der Waals surface area contributed by atoms with Crippen molar-refractivity contribution in [3.05, 3.63) is 0 Å². The Balaban J connectivity index is 0.00000361. The number of nitrogens with zero attached hydrogens (tertiary/aromatic N) is 2. The molecule has 0 aromatic carbocycles. The Kier molecular flexibility index (Phi) is 7.79. The van der Waals surface area contributed by atoms with Crippen LogP contribution in [-0.4, -0.2) is 49.7 Å². The van der Waals surface area contributed by atoms with E-state index in [1.165, 1.54) is 0 Å². The van der Waals surface area contributed by atoms with Gasteiger partial charge in [0.25, 0.3) is 0 Å². The smallest absolute Gasteiger partial charge is 0.435 e. The van der Waals surface area contributed by atoms with Crippen LogP contribution in [-0.2, 0) is 9.47 Å². The molecule has 0 radical (unpaired) electrons. The summed E-state index contributed by atoms with van der Waals surface area (Å²) < 4.78 is 10.5. The fraction of sp³-hybridized carbons (Fsp3) is 0.867. The van der Waals surface area contributed by atoms with Crippen LogP contribution in [0.1, 0.15) is 42.0 Å². The van der Waals surface area contributed by atoms with Crippen LogP contribution in [0, 0.1) is 11.3 Å². The van der Waals surface area contributed by atoms with Crippen molar-refractivity contribution >= 4 is 11.9 Å². The van der Waals surface area contributed by atoms with Gasteiger partial charge in [-0.2, -0.15) is 4.99 Å². The Labute approximate surface area is 123 Å². The predicted octanol–water partition coefficient (Wildman–Crippen LogP) is 3.19. The summed E-state index contributed by atoms with van der Waals surface area (Å²) in [6.07, 6.45) is -0.495. The summed E-state index contributed by atoms with van der Waals surface area (Å²) in [5, 5.41) is 0.